The molecule has 2 aromatic carbocycles. The molecule has 2 heterocycles. The van der Waals surface area contributed by atoms with Crippen LogP contribution in [0.4, 0.5) is 17.1 Å². The van der Waals surface area contributed by atoms with Crippen molar-refractivity contribution in [2.24, 2.45) is 0 Å². The molecule has 1 N–H and O–H groups in total. The number of hydrogen-bond acceptors (Lipinski definition) is 5. The predicted octanol–water partition coefficient (Wildman–Crippen LogP) is 2.92. The smallest absolute Gasteiger partial charge is 0.277 e. The summed E-state index contributed by atoms with van der Waals surface area (Å²) in [5.41, 5.74) is 2.82. The van der Waals surface area contributed by atoms with Crippen molar-refractivity contribution in [3.8, 4) is 0 Å². The SMILES string of the molecule is CC(=O)Nc1ccc(C2=C(Cl)C(=O)N(c3ccc(N4CCN(C)CC4)cc3)C2=O)cc1. The summed E-state index contributed by atoms with van der Waals surface area (Å²) in [6, 6.07) is 14.1. The number of piperazine rings is 1. The molecule has 0 atom stereocenters. The maximum atomic E-state index is 13.1. The van der Waals surface area contributed by atoms with Crippen LogP contribution in [0.15, 0.2) is 53.6 Å². The molecule has 1 fully saturated rings. The number of benzene rings is 2. The molecule has 8 heteroatoms. The van der Waals surface area contributed by atoms with Crippen LogP contribution in [0.3, 0.4) is 0 Å². The minimum atomic E-state index is -0.542. The molecule has 0 saturated carbocycles. The average molecular weight is 439 g/mol. The maximum Gasteiger partial charge on any atom is 0.277 e. The second-order valence-electron chi connectivity index (χ2n) is 7.70. The number of nitrogens with one attached hydrogen (secondary N) is 1. The number of imide groups is 1. The van der Waals surface area contributed by atoms with Gasteiger partial charge in [0.15, 0.2) is 0 Å². The van der Waals surface area contributed by atoms with Crippen LogP contribution in [0.5, 0.6) is 0 Å². The van der Waals surface area contributed by atoms with Crippen molar-refractivity contribution < 1.29 is 14.4 Å². The van der Waals surface area contributed by atoms with Crippen molar-refractivity contribution in [3.05, 3.63) is 59.1 Å². The van der Waals surface area contributed by atoms with E-state index in [9.17, 15) is 14.4 Å². The number of carbonyl (C=O) groups is 3. The summed E-state index contributed by atoms with van der Waals surface area (Å²) in [7, 11) is 2.10. The highest BCUT2D eigenvalue weighted by Gasteiger charge is 2.39. The lowest BCUT2D eigenvalue weighted by atomic mass is 10.1. The van der Waals surface area contributed by atoms with E-state index in [1.807, 2.05) is 12.1 Å². The van der Waals surface area contributed by atoms with Gasteiger partial charge in [-0.05, 0) is 49.0 Å². The van der Waals surface area contributed by atoms with Crippen LogP contribution in [0.25, 0.3) is 5.57 Å². The lowest BCUT2D eigenvalue weighted by molar-refractivity contribution is -0.120. The highest BCUT2D eigenvalue weighted by molar-refractivity contribution is 6.60. The highest BCUT2D eigenvalue weighted by Crippen LogP contribution is 2.35. The Morgan fingerprint density at radius 2 is 1.45 bits per heavy atom. The molecule has 1 saturated heterocycles. The van der Waals surface area contributed by atoms with Gasteiger partial charge in [-0.3, -0.25) is 14.4 Å². The first-order chi connectivity index (χ1) is 14.8. The number of hydrogen-bond donors (Lipinski definition) is 1. The van der Waals surface area contributed by atoms with E-state index in [2.05, 4.69) is 22.2 Å². The molecule has 3 amide bonds. The molecule has 7 nitrogen and oxygen atoms in total. The Morgan fingerprint density at radius 1 is 0.871 bits per heavy atom. The molecule has 0 bridgehead atoms. The Bertz CT molecular complexity index is 1060. The van der Waals surface area contributed by atoms with E-state index in [1.54, 1.807) is 36.4 Å². The van der Waals surface area contributed by atoms with Crippen molar-refractivity contribution >= 4 is 52.0 Å². The number of anilines is 3. The summed E-state index contributed by atoms with van der Waals surface area (Å²) in [6.07, 6.45) is 0. The third kappa shape index (κ3) is 4.19. The fourth-order valence-corrected chi connectivity index (χ4v) is 4.06. The van der Waals surface area contributed by atoms with Crippen molar-refractivity contribution in [1.82, 2.24) is 4.90 Å². The lowest BCUT2D eigenvalue weighted by Crippen LogP contribution is -2.44. The van der Waals surface area contributed by atoms with E-state index in [0.717, 1.165) is 36.8 Å². The van der Waals surface area contributed by atoms with E-state index in [-0.39, 0.29) is 16.5 Å². The van der Waals surface area contributed by atoms with Gasteiger partial charge in [-0.1, -0.05) is 23.7 Å². The number of amides is 3. The van der Waals surface area contributed by atoms with Gasteiger partial charge in [-0.25, -0.2) is 4.90 Å². The minimum Gasteiger partial charge on any atom is -0.369 e. The summed E-state index contributed by atoms with van der Waals surface area (Å²) in [5.74, 6) is -1.20. The topological polar surface area (TPSA) is 73.0 Å². The first kappa shape index (κ1) is 21.1. The van der Waals surface area contributed by atoms with E-state index >= 15 is 0 Å². The second-order valence-corrected chi connectivity index (χ2v) is 8.08. The Hall–Kier alpha value is -3.16. The molecule has 0 aromatic heterocycles. The fraction of sp³-hybridized carbons (Fsp3) is 0.261. The summed E-state index contributed by atoms with van der Waals surface area (Å²) in [5, 5.41) is 2.56. The van der Waals surface area contributed by atoms with Crippen LogP contribution < -0.4 is 15.1 Å². The van der Waals surface area contributed by atoms with Gasteiger partial charge >= 0.3 is 0 Å². The monoisotopic (exact) mass is 438 g/mol. The molecular formula is C23H23ClN4O3. The summed E-state index contributed by atoms with van der Waals surface area (Å²) in [4.78, 5) is 42.7. The molecule has 0 radical (unpaired) electrons. The van der Waals surface area contributed by atoms with Crippen LogP contribution in [-0.2, 0) is 14.4 Å². The second kappa shape index (κ2) is 8.53. The van der Waals surface area contributed by atoms with E-state index in [1.165, 1.54) is 6.92 Å². The maximum absolute atomic E-state index is 13.1. The van der Waals surface area contributed by atoms with Gasteiger partial charge in [0.2, 0.25) is 5.91 Å². The molecular weight excluding hydrogens is 416 g/mol. The van der Waals surface area contributed by atoms with E-state index in [4.69, 9.17) is 11.6 Å². The zero-order chi connectivity index (χ0) is 22.1. The van der Waals surface area contributed by atoms with Gasteiger partial charge in [0.1, 0.15) is 5.03 Å². The Labute approximate surface area is 185 Å². The lowest BCUT2D eigenvalue weighted by Gasteiger charge is -2.34. The van der Waals surface area contributed by atoms with Crippen LogP contribution in [0, 0.1) is 0 Å². The number of nitrogens with zero attached hydrogens (tertiary/aromatic N) is 3. The summed E-state index contributed by atoms with van der Waals surface area (Å²) in [6.45, 7) is 5.27. The number of rotatable bonds is 4. The first-order valence-corrected chi connectivity index (χ1v) is 10.4. The van der Waals surface area contributed by atoms with Crippen LogP contribution in [0.2, 0.25) is 0 Å². The van der Waals surface area contributed by atoms with Crippen molar-refractivity contribution in [2.75, 3.05) is 48.3 Å². The Morgan fingerprint density at radius 3 is 2.03 bits per heavy atom. The Kier molecular flexibility index (Phi) is 5.80. The van der Waals surface area contributed by atoms with E-state index < -0.39 is 11.8 Å². The van der Waals surface area contributed by atoms with Gasteiger partial charge < -0.3 is 15.1 Å². The fourth-order valence-electron chi connectivity index (χ4n) is 3.79. The standard InChI is InChI=1S/C23H23ClN4O3/c1-15(29)25-17-5-3-16(4-6-17)20-21(24)23(31)28(22(20)30)19-9-7-18(8-10-19)27-13-11-26(2)12-14-27/h3-10H,11-14H2,1-2H3,(H,25,29). The van der Waals surface area contributed by atoms with Crippen LogP contribution >= 0.6 is 11.6 Å². The quantitative estimate of drug-likeness (QED) is 0.743. The van der Waals surface area contributed by atoms with Gasteiger partial charge in [-0.2, -0.15) is 0 Å². The number of halogens is 1. The number of carbonyl (C=O) groups excluding carboxylic acids is 3. The van der Waals surface area contributed by atoms with E-state index in [0.29, 0.717) is 16.9 Å². The normalized spacial score (nSPS) is 17.5. The Balaban J connectivity index is 1.54. The molecule has 160 valence electrons. The molecule has 2 aliphatic rings. The highest BCUT2D eigenvalue weighted by atomic mass is 35.5. The summed E-state index contributed by atoms with van der Waals surface area (Å²) < 4.78 is 0. The van der Waals surface area contributed by atoms with Crippen molar-refractivity contribution in [2.45, 2.75) is 6.92 Å². The molecule has 0 spiro atoms. The third-order valence-corrected chi connectivity index (χ3v) is 5.85. The predicted molar refractivity (Wildman–Crippen MR) is 122 cm³/mol. The van der Waals surface area contributed by atoms with Gasteiger partial charge in [0, 0.05) is 44.5 Å². The minimum absolute atomic E-state index is 0.111. The van der Waals surface area contributed by atoms with Gasteiger partial charge in [0.05, 0.1) is 11.3 Å². The first-order valence-electron chi connectivity index (χ1n) is 10.1. The number of likely N-dealkylation sites (N-methyl/N-ethyl adjacent to an activating group) is 1. The average Bonchev–Trinajstić information content (AvgIpc) is 2.97. The summed E-state index contributed by atoms with van der Waals surface area (Å²) >= 11 is 6.28. The van der Waals surface area contributed by atoms with Crippen molar-refractivity contribution in [3.63, 3.8) is 0 Å². The largest absolute Gasteiger partial charge is 0.369 e. The van der Waals surface area contributed by atoms with Gasteiger partial charge in [0.25, 0.3) is 11.8 Å². The zero-order valence-electron chi connectivity index (χ0n) is 17.4. The molecule has 0 aliphatic carbocycles. The molecule has 4 rings (SSSR count). The van der Waals surface area contributed by atoms with Crippen LogP contribution in [0.1, 0.15) is 12.5 Å². The van der Waals surface area contributed by atoms with Crippen LogP contribution in [-0.4, -0.2) is 55.8 Å². The molecule has 2 aromatic rings. The molecule has 31 heavy (non-hydrogen) atoms. The zero-order valence-corrected chi connectivity index (χ0v) is 18.1. The van der Waals surface area contributed by atoms with Gasteiger partial charge in [-0.15, -0.1) is 0 Å². The molecule has 2 aliphatic heterocycles. The molecule has 0 unspecified atom stereocenters. The van der Waals surface area contributed by atoms with Crippen molar-refractivity contribution in [1.29, 1.82) is 0 Å². The third-order valence-electron chi connectivity index (χ3n) is 5.50.